The van der Waals surface area contributed by atoms with E-state index in [-0.39, 0.29) is 12.8 Å². The SMILES string of the molecule is CCOC(=O)Cc1c(OC)ncc(C(F)(F)F)c1OC(F)(F)F. The van der Waals surface area contributed by atoms with Crippen molar-refractivity contribution in [2.75, 3.05) is 13.7 Å². The molecule has 0 aliphatic rings. The molecule has 130 valence electrons. The van der Waals surface area contributed by atoms with Gasteiger partial charge in [-0.1, -0.05) is 0 Å². The predicted octanol–water partition coefficient (Wildman–Crippen LogP) is 3.11. The number of hydrogen-bond acceptors (Lipinski definition) is 5. The zero-order valence-electron chi connectivity index (χ0n) is 11.8. The summed E-state index contributed by atoms with van der Waals surface area (Å²) in [7, 11) is 0.974. The van der Waals surface area contributed by atoms with Crippen LogP contribution in [0.15, 0.2) is 6.20 Å². The van der Waals surface area contributed by atoms with Gasteiger partial charge in [0.15, 0.2) is 5.75 Å². The molecule has 0 aliphatic heterocycles. The number of methoxy groups -OCH3 is 1. The average Bonchev–Trinajstić information content (AvgIpc) is 2.37. The molecule has 0 aliphatic carbocycles. The van der Waals surface area contributed by atoms with E-state index in [2.05, 4.69) is 19.2 Å². The standard InChI is InChI=1S/C12H11F6NO4/c1-3-22-8(20)4-6-9(23-12(16,17)18)7(11(13,14)15)5-19-10(6)21-2/h5H,3-4H2,1-2H3. The lowest BCUT2D eigenvalue weighted by Crippen LogP contribution is -2.23. The zero-order valence-corrected chi connectivity index (χ0v) is 11.8. The number of carbonyl (C=O) groups excluding carboxylic acids is 1. The van der Waals surface area contributed by atoms with Crippen LogP contribution in [-0.4, -0.2) is 31.0 Å². The minimum atomic E-state index is -5.41. The van der Waals surface area contributed by atoms with Gasteiger partial charge in [0.25, 0.3) is 0 Å². The van der Waals surface area contributed by atoms with Crippen LogP contribution < -0.4 is 9.47 Å². The van der Waals surface area contributed by atoms with Crippen LogP contribution in [0.1, 0.15) is 18.1 Å². The van der Waals surface area contributed by atoms with Crippen molar-refractivity contribution < 1.29 is 45.3 Å². The Bertz CT molecular complexity index is 570. The van der Waals surface area contributed by atoms with Crippen LogP contribution in [0.25, 0.3) is 0 Å². The van der Waals surface area contributed by atoms with Crippen molar-refractivity contribution in [3.63, 3.8) is 0 Å². The maximum Gasteiger partial charge on any atom is 0.573 e. The highest BCUT2D eigenvalue weighted by Crippen LogP contribution is 2.42. The van der Waals surface area contributed by atoms with E-state index < -0.39 is 47.7 Å². The van der Waals surface area contributed by atoms with Crippen LogP contribution >= 0.6 is 0 Å². The number of nitrogens with zero attached hydrogens (tertiary/aromatic N) is 1. The number of carbonyl (C=O) groups is 1. The van der Waals surface area contributed by atoms with Crippen molar-refractivity contribution in [3.8, 4) is 11.6 Å². The molecule has 0 atom stereocenters. The van der Waals surface area contributed by atoms with Gasteiger partial charge in [0, 0.05) is 6.20 Å². The Morgan fingerprint density at radius 3 is 2.26 bits per heavy atom. The minimum Gasteiger partial charge on any atom is -0.481 e. The number of ether oxygens (including phenoxy) is 3. The van der Waals surface area contributed by atoms with Crippen molar-refractivity contribution in [2.45, 2.75) is 25.9 Å². The second-order valence-corrected chi connectivity index (χ2v) is 4.02. The summed E-state index contributed by atoms with van der Waals surface area (Å²) in [5, 5.41) is 0. The Kier molecular flexibility index (Phi) is 5.67. The molecule has 0 saturated carbocycles. The molecule has 1 heterocycles. The molecule has 11 heteroatoms. The number of rotatable bonds is 5. The van der Waals surface area contributed by atoms with Gasteiger partial charge in [-0.05, 0) is 6.92 Å². The molecule has 0 radical (unpaired) electrons. The van der Waals surface area contributed by atoms with Gasteiger partial charge < -0.3 is 14.2 Å². The maximum atomic E-state index is 12.9. The summed E-state index contributed by atoms with van der Waals surface area (Å²) >= 11 is 0. The Balaban J connectivity index is 3.50. The average molecular weight is 347 g/mol. The smallest absolute Gasteiger partial charge is 0.481 e. The van der Waals surface area contributed by atoms with Gasteiger partial charge in [-0.2, -0.15) is 13.2 Å². The Hall–Kier alpha value is -2.20. The molecule has 5 nitrogen and oxygen atoms in total. The highest BCUT2D eigenvalue weighted by Gasteiger charge is 2.42. The van der Waals surface area contributed by atoms with Crippen LogP contribution in [0.3, 0.4) is 0 Å². The first-order valence-corrected chi connectivity index (χ1v) is 6.04. The molecular formula is C12H11F6NO4. The van der Waals surface area contributed by atoms with Gasteiger partial charge in [-0.15, -0.1) is 13.2 Å². The second-order valence-electron chi connectivity index (χ2n) is 4.02. The summed E-state index contributed by atoms with van der Waals surface area (Å²) < 4.78 is 88.6. The van der Waals surface area contributed by atoms with Gasteiger partial charge in [0.1, 0.15) is 5.56 Å². The summed E-state index contributed by atoms with van der Waals surface area (Å²) in [5.74, 6) is -3.26. The van der Waals surface area contributed by atoms with Gasteiger partial charge in [-0.3, -0.25) is 4.79 Å². The molecule has 0 aromatic carbocycles. The van der Waals surface area contributed by atoms with Crippen molar-refractivity contribution in [3.05, 3.63) is 17.3 Å². The third-order valence-electron chi connectivity index (χ3n) is 2.43. The van der Waals surface area contributed by atoms with E-state index in [0.717, 1.165) is 7.11 Å². The van der Waals surface area contributed by atoms with E-state index >= 15 is 0 Å². The highest BCUT2D eigenvalue weighted by atomic mass is 19.4. The van der Waals surface area contributed by atoms with E-state index in [1.807, 2.05) is 0 Å². The third kappa shape index (κ3) is 5.18. The molecule has 1 rings (SSSR count). The van der Waals surface area contributed by atoms with Crippen molar-refractivity contribution in [2.24, 2.45) is 0 Å². The molecule has 1 aromatic rings. The molecule has 0 unspecified atom stereocenters. The fraction of sp³-hybridized carbons (Fsp3) is 0.500. The Morgan fingerprint density at radius 1 is 1.22 bits per heavy atom. The highest BCUT2D eigenvalue weighted by molar-refractivity contribution is 5.75. The zero-order chi connectivity index (χ0) is 17.8. The number of aromatic nitrogens is 1. The monoisotopic (exact) mass is 347 g/mol. The molecule has 0 bridgehead atoms. The topological polar surface area (TPSA) is 57.7 Å². The number of hydrogen-bond donors (Lipinski definition) is 0. The first-order chi connectivity index (χ1) is 10.5. The van der Waals surface area contributed by atoms with Gasteiger partial charge in [-0.25, -0.2) is 4.98 Å². The number of halogens is 6. The normalized spacial score (nSPS) is 12.0. The number of pyridine rings is 1. The molecule has 0 spiro atoms. The van der Waals surface area contributed by atoms with Crippen LogP contribution in [0.4, 0.5) is 26.3 Å². The second kappa shape index (κ2) is 6.92. The number of esters is 1. The summed E-state index contributed by atoms with van der Waals surface area (Å²) in [6, 6.07) is 0. The predicted molar refractivity (Wildman–Crippen MR) is 62.8 cm³/mol. The van der Waals surface area contributed by atoms with Crippen molar-refractivity contribution in [1.82, 2.24) is 4.98 Å². The molecule has 1 aromatic heterocycles. The lowest BCUT2D eigenvalue weighted by atomic mass is 10.1. The van der Waals surface area contributed by atoms with Gasteiger partial charge in [0.2, 0.25) is 5.88 Å². The van der Waals surface area contributed by atoms with Gasteiger partial charge >= 0.3 is 18.5 Å². The quantitative estimate of drug-likeness (QED) is 0.605. The Morgan fingerprint density at radius 2 is 1.83 bits per heavy atom. The van der Waals surface area contributed by atoms with Gasteiger partial charge in [0.05, 0.1) is 25.7 Å². The lowest BCUT2D eigenvalue weighted by molar-refractivity contribution is -0.276. The maximum absolute atomic E-state index is 12.9. The summed E-state index contributed by atoms with van der Waals surface area (Å²) in [6.45, 7) is 1.32. The summed E-state index contributed by atoms with van der Waals surface area (Å²) in [6.07, 6.45) is -11.4. The lowest BCUT2D eigenvalue weighted by Gasteiger charge is -2.19. The molecule has 0 fully saturated rings. The summed E-state index contributed by atoms with van der Waals surface area (Å²) in [4.78, 5) is 14.7. The fourth-order valence-corrected chi connectivity index (χ4v) is 1.64. The summed E-state index contributed by atoms with van der Waals surface area (Å²) in [5.41, 5.74) is -2.59. The van der Waals surface area contributed by atoms with E-state index in [1.54, 1.807) is 0 Å². The van der Waals surface area contributed by atoms with E-state index in [9.17, 15) is 31.1 Å². The van der Waals surface area contributed by atoms with Crippen molar-refractivity contribution in [1.29, 1.82) is 0 Å². The largest absolute Gasteiger partial charge is 0.573 e. The first kappa shape index (κ1) is 18.8. The van der Waals surface area contributed by atoms with Crippen LogP contribution in [0.2, 0.25) is 0 Å². The minimum absolute atomic E-state index is 0.108. The Labute approximate surface area is 126 Å². The van der Waals surface area contributed by atoms with E-state index in [1.165, 1.54) is 6.92 Å². The third-order valence-corrected chi connectivity index (χ3v) is 2.43. The van der Waals surface area contributed by atoms with Crippen LogP contribution in [0, 0.1) is 0 Å². The number of alkyl halides is 6. The first-order valence-electron chi connectivity index (χ1n) is 6.04. The molecule has 0 N–H and O–H groups in total. The molecule has 23 heavy (non-hydrogen) atoms. The van der Waals surface area contributed by atoms with Crippen molar-refractivity contribution >= 4 is 5.97 Å². The van der Waals surface area contributed by atoms with E-state index in [0.29, 0.717) is 0 Å². The fourth-order valence-electron chi connectivity index (χ4n) is 1.64. The molecule has 0 amide bonds. The van der Waals surface area contributed by atoms with Crippen LogP contribution in [0.5, 0.6) is 11.6 Å². The molecule has 0 saturated heterocycles. The molecular weight excluding hydrogens is 336 g/mol. The van der Waals surface area contributed by atoms with Crippen LogP contribution in [-0.2, 0) is 22.1 Å². The van der Waals surface area contributed by atoms with E-state index in [4.69, 9.17) is 0 Å².